The monoisotopic (exact) mass is 305 g/mol. The van der Waals surface area contributed by atoms with Crippen molar-refractivity contribution in [2.75, 3.05) is 52.2 Å². The van der Waals surface area contributed by atoms with E-state index >= 15 is 0 Å². The number of hydrogen-bond acceptors (Lipinski definition) is 4. The zero-order chi connectivity index (χ0) is 15.9. The summed E-state index contributed by atoms with van der Waals surface area (Å²) < 4.78 is 5.19. The minimum Gasteiger partial charge on any atom is -0.497 e. The number of benzene rings is 1. The normalized spacial score (nSPS) is 19.0. The van der Waals surface area contributed by atoms with Gasteiger partial charge >= 0.3 is 0 Å². The van der Waals surface area contributed by atoms with Gasteiger partial charge in [0.25, 0.3) is 0 Å². The van der Waals surface area contributed by atoms with Gasteiger partial charge in [-0.15, -0.1) is 0 Å². The van der Waals surface area contributed by atoms with Crippen molar-refractivity contribution in [1.82, 2.24) is 9.80 Å². The lowest BCUT2D eigenvalue weighted by Gasteiger charge is -2.35. The summed E-state index contributed by atoms with van der Waals surface area (Å²) in [5.74, 6) is 1.23. The van der Waals surface area contributed by atoms with Gasteiger partial charge in [0.05, 0.1) is 13.7 Å². The molecule has 1 atom stereocenters. The van der Waals surface area contributed by atoms with Crippen LogP contribution in [0.25, 0.3) is 0 Å². The van der Waals surface area contributed by atoms with Crippen LogP contribution in [0.15, 0.2) is 29.3 Å². The van der Waals surface area contributed by atoms with E-state index in [1.165, 1.54) is 0 Å². The summed E-state index contributed by atoms with van der Waals surface area (Å²) in [5, 5.41) is 3.10. The number of anilines is 1. The van der Waals surface area contributed by atoms with Crippen LogP contribution >= 0.6 is 0 Å². The molecule has 0 spiro atoms. The standard InChI is InChI=1S/C16H27N5O/c1-13(21-9-7-20(2)8-10-21)12-18-16(17)19-14-5-4-6-15(11-14)22-3/h4-6,11,13H,7-10,12H2,1-3H3,(H3,17,18,19). The molecule has 0 aromatic heterocycles. The molecular weight excluding hydrogens is 278 g/mol. The van der Waals surface area contributed by atoms with Crippen LogP contribution in [-0.4, -0.2) is 68.7 Å². The molecule has 0 bridgehead atoms. The maximum Gasteiger partial charge on any atom is 0.193 e. The summed E-state index contributed by atoms with van der Waals surface area (Å²) in [4.78, 5) is 9.27. The Hall–Kier alpha value is -1.79. The molecule has 6 nitrogen and oxygen atoms in total. The molecular formula is C16H27N5O. The van der Waals surface area contributed by atoms with Gasteiger partial charge in [0, 0.05) is 44.0 Å². The number of rotatable bonds is 5. The van der Waals surface area contributed by atoms with Crippen molar-refractivity contribution in [2.45, 2.75) is 13.0 Å². The van der Waals surface area contributed by atoms with E-state index in [1.54, 1.807) is 7.11 Å². The third-order valence-electron chi connectivity index (χ3n) is 4.03. The first-order valence-corrected chi connectivity index (χ1v) is 7.72. The molecule has 6 heteroatoms. The van der Waals surface area contributed by atoms with Gasteiger partial charge in [0.1, 0.15) is 5.75 Å². The minimum atomic E-state index is 0.402. The molecule has 1 aromatic carbocycles. The second-order valence-corrected chi connectivity index (χ2v) is 5.77. The summed E-state index contributed by atoms with van der Waals surface area (Å²) in [6.07, 6.45) is 0. The Morgan fingerprint density at radius 2 is 2.09 bits per heavy atom. The first-order valence-electron chi connectivity index (χ1n) is 7.72. The molecule has 0 radical (unpaired) electrons. The molecule has 0 aliphatic carbocycles. The van der Waals surface area contributed by atoms with Crippen LogP contribution in [0.2, 0.25) is 0 Å². The molecule has 1 fully saturated rings. The van der Waals surface area contributed by atoms with E-state index in [0.29, 0.717) is 18.5 Å². The topological polar surface area (TPSA) is 66.1 Å². The highest BCUT2D eigenvalue weighted by Gasteiger charge is 2.18. The van der Waals surface area contributed by atoms with Crippen molar-refractivity contribution in [2.24, 2.45) is 10.7 Å². The lowest BCUT2D eigenvalue weighted by atomic mass is 10.2. The number of methoxy groups -OCH3 is 1. The van der Waals surface area contributed by atoms with Gasteiger partial charge in [-0.2, -0.15) is 0 Å². The van der Waals surface area contributed by atoms with Crippen LogP contribution in [0.3, 0.4) is 0 Å². The predicted molar refractivity (Wildman–Crippen MR) is 91.6 cm³/mol. The van der Waals surface area contributed by atoms with Gasteiger partial charge in [0.15, 0.2) is 5.96 Å². The molecule has 1 unspecified atom stereocenters. The fourth-order valence-electron chi connectivity index (χ4n) is 2.50. The predicted octanol–water partition coefficient (Wildman–Crippen LogP) is 1.06. The Morgan fingerprint density at radius 3 is 2.77 bits per heavy atom. The third kappa shape index (κ3) is 4.89. The number of nitrogens with one attached hydrogen (secondary N) is 1. The molecule has 2 rings (SSSR count). The smallest absolute Gasteiger partial charge is 0.193 e. The Labute approximate surface area is 132 Å². The number of nitrogens with two attached hydrogens (primary N) is 1. The number of guanidine groups is 1. The number of likely N-dealkylation sites (N-methyl/N-ethyl adjacent to an activating group) is 1. The van der Waals surface area contributed by atoms with Crippen molar-refractivity contribution in [3.63, 3.8) is 0 Å². The second-order valence-electron chi connectivity index (χ2n) is 5.77. The van der Waals surface area contributed by atoms with E-state index in [2.05, 4.69) is 34.1 Å². The van der Waals surface area contributed by atoms with E-state index in [4.69, 9.17) is 10.5 Å². The Balaban J connectivity index is 1.83. The van der Waals surface area contributed by atoms with E-state index in [0.717, 1.165) is 37.6 Å². The number of aliphatic imine (C=N–C) groups is 1. The molecule has 0 saturated carbocycles. The van der Waals surface area contributed by atoms with Crippen LogP contribution in [0, 0.1) is 0 Å². The Kier molecular flexibility index (Phi) is 6.03. The number of piperazine rings is 1. The summed E-state index contributed by atoms with van der Waals surface area (Å²) in [6.45, 7) is 7.32. The fraction of sp³-hybridized carbons (Fsp3) is 0.562. The molecule has 1 aromatic rings. The van der Waals surface area contributed by atoms with Crippen LogP contribution in [0.5, 0.6) is 5.75 Å². The lowest BCUT2D eigenvalue weighted by Crippen LogP contribution is -2.49. The SMILES string of the molecule is COc1cccc(NC(N)=NCC(C)N2CCN(C)CC2)c1. The summed E-state index contributed by atoms with van der Waals surface area (Å²) in [6, 6.07) is 8.05. The highest BCUT2D eigenvalue weighted by molar-refractivity contribution is 5.92. The van der Waals surface area contributed by atoms with Crippen molar-refractivity contribution in [3.05, 3.63) is 24.3 Å². The second kappa shape index (κ2) is 8.00. The maximum absolute atomic E-state index is 5.97. The Bertz CT molecular complexity index is 497. The summed E-state index contributed by atoms with van der Waals surface area (Å²) in [7, 11) is 3.81. The van der Waals surface area contributed by atoms with Gasteiger partial charge in [-0.05, 0) is 26.1 Å². The third-order valence-corrected chi connectivity index (χ3v) is 4.03. The molecule has 122 valence electrons. The lowest BCUT2D eigenvalue weighted by molar-refractivity contribution is 0.122. The molecule has 3 N–H and O–H groups in total. The van der Waals surface area contributed by atoms with Crippen molar-refractivity contribution in [1.29, 1.82) is 0 Å². The zero-order valence-corrected chi connectivity index (χ0v) is 13.7. The van der Waals surface area contributed by atoms with Crippen LogP contribution in [0.4, 0.5) is 5.69 Å². The average Bonchev–Trinajstić information content (AvgIpc) is 2.53. The van der Waals surface area contributed by atoms with E-state index in [1.807, 2.05) is 24.3 Å². The van der Waals surface area contributed by atoms with Crippen molar-refractivity contribution >= 4 is 11.6 Å². The molecule has 1 aliphatic rings. The van der Waals surface area contributed by atoms with Gasteiger partial charge in [-0.1, -0.05) is 6.07 Å². The number of hydrogen-bond donors (Lipinski definition) is 2. The molecule has 1 saturated heterocycles. The van der Waals surface area contributed by atoms with Crippen molar-refractivity contribution < 1.29 is 4.74 Å². The van der Waals surface area contributed by atoms with Gasteiger partial charge in [0.2, 0.25) is 0 Å². The van der Waals surface area contributed by atoms with Crippen LogP contribution < -0.4 is 15.8 Å². The van der Waals surface area contributed by atoms with E-state index < -0.39 is 0 Å². The van der Waals surface area contributed by atoms with E-state index in [-0.39, 0.29) is 0 Å². The molecule has 0 amide bonds. The minimum absolute atomic E-state index is 0.402. The van der Waals surface area contributed by atoms with Crippen LogP contribution in [0.1, 0.15) is 6.92 Å². The van der Waals surface area contributed by atoms with Gasteiger partial charge in [-0.25, -0.2) is 0 Å². The molecule has 22 heavy (non-hydrogen) atoms. The first-order chi connectivity index (χ1) is 10.6. The largest absolute Gasteiger partial charge is 0.497 e. The quantitative estimate of drug-likeness (QED) is 0.629. The van der Waals surface area contributed by atoms with Crippen molar-refractivity contribution in [3.8, 4) is 5.75 Å². The summed E-state index contributed by atoms with van der Waals surface area (Å²) in [5.41, 5.74) is 6.85. The van der Waals surface area contributed by atoms with Gasteiger partial charge in [-0.3, -0.25) is 9.89 Å². The maximum atomic E-state index is 5.97. The molecule has 1 heterocycles. The average molecular weight is 305 g/mol. The van der Waals surface area contributed by atoms with E-state index in [9.17, 15) is 0 Å². The zero-order valence-electron chi connectivity index (χ0n) is 13.7. The summed E-state index contributed by atoms with van der Waals surface area (Å²) >= 11 is 0. The Morgan fingerprint density at radius 1 is 1.36 bits per heavy atom. The fourth-order valence-corrected chi connectivity index (χ4v) is 2.50. The highest BCUT2D eigenvalue weighted by atomic mass is 16.5. The molecule has 1 aliphatic heterocycles. The highest BCUT2D eigenvalue weighted by Crippen LogP contribution is 2.16. The number of ether oxygens (including phenoxy) is 1. The van der Waals surface area contributed by atoms with Gasteiger partial charge < -0.3 is 20.7 Å². The van der Waals surface area contributed by atoms with Crippen LogP contribution in [-0.2, 0) is 0 Å². The first kappa shape index (κ1) is 16.6. The number of nitrogens with zero attached hydrogens (tertiary/aromatic N) is 3.